The zero-order valence-electron chi connectivity index (χ0n) is 16.4. The summed E-state index contributed by atoms with van der Waals surface area (Å²) < 4.78 is 2.26. The molecule has 0 radical (unpaired) electrons. The van der Waals surface area contributed by atoms with Gasteiger partial charge in [0.15, 0.2) is 0 Å². The molecule has 0 aliphatic rings. The Labute approximate surface area is 166 Å². The van der Waals surface area contributed by atoms with E-state index in [2.05, 4.69) is 90.5 Å². The van der Waals surface area contributed by atoms with Gasteiger partial charge in [0.2, 0.25) is 0 Å². The largest absolute Gasteiger partial charge is 0.316 e. The van der Waals surface area contributed by atoms with Crippen LogP contribution >= 0.6 is 0 Å². The first-order chi connectivity index (χ1) is 13.6. The molecule has 3 aromatic carbocycles. The van der Waals surface area contributed by atoms with Crippen LogP contribution in [0, 0.1) is 5.92 Å². The van der Waals surface area contributed by atoms with E-state index in [1.54, 1.807) is 6.92 Å². The first-order valence-corrected chi connectivity index (χ1v) is 9.85. The van der Waals surface area contributed by atoms with Gasteiger partial charge in [0, 0.05) is 29.6 Å². The summed E-state index contributed by atoms with van der Waals surface area (Å²) in [5.74, 6) is 0.620. The third kappa shape index (κ3) is 3.50. The van der Waals surface area contributed by atoms with Crippen LogP contribution in [0.3, 0.4) is 0 Å². The Hall–Kier alpha value is -3.13. The molecular weight excluding hydrogens is 342 g/mol. The van der Waals surface area contributed by atoms with Gasteiger partial charge in [0.1, 0.15) is 5.78 Å². The number of benzene rings is 3. The van der Waals surface area contributed by atoms with E-state index >= 15 is 0 Å². The number of nitrogens with zero attached hydrogens (tertiary/aromatic N) is 1. The maximum Gasteiger partial charge on any atom is 0.130 e. The molecule has 1 aromatic heterocycles. The third-order valence-corrected chi connectivity index (χ3v) is 5.45. The molecule has 0 saturated heterocycles. The number of para-hydroxylation sites is 2. The standard InChI is InChI=1S/C26H25NO/c1-19(17-20(2)28)26(21-11-5-3-6-12-21)24-18-27(22-13-7-4-8-14-22)25-16-10-9-15-23(24)25/h3-16,18-19,26H,17H2,1-2H3. The highest BCUT2D eigenvalue weighted by atomic mass is 16.1. The Kier molecular flexibility index (Phi) is 5.12. The van der Waals surface area contributed by atoms with Gasteiger partial charge in [-0.05, 0) is 42.2 Å². The van der Waals surface area contributed by atoms with Gasteiger partial charge in [-0.3, -0.25) is 0 Å². The number of ketones is 1. The van der Waals surface area contributed by atoms with E-state index < -0.39 is 0 Å². The molecule has 0 aliphatic carbocycles. The lowest BCUT2D eigenvalue weighted by molar-refractivity contribution is -0.117. The molecule has 2 unspecified atom stereocenters. The van der Waals surface area contributed by atoms with E-state index in [0.29, 0.717) is 6.42 Å². The van der Waals surface area contributed by atoms with Crippen molar-refractivity contribution in [3.8, 4) is 5.69 Å². The summed E-state index contributed by atoms with van der Waals surface area (Å²) in [4.78, 5) is 11.9. The zero-order chi connectivity index (χ0) is 19.5. The zero-order valence-corrected chi connectivity index (χ0v) is 16.4. The highest BCUT2D eigenvalue weighted by Crippen LogP contribution is 2.39. The summed E-state index contributed by atoms with van der Waals surface area (Å²) in [7, 11) is 0. The highest BCUT2D eigenvalue weighted by molar-refractivity contribution is 5.87. The van der Waals surface area contributed by atoms with Crippen LogP contribution in [-0.4, -0.2) is 10.4 Å². The minimum absolute atomic E-state index is 0.167. The first kappa shape index (κ1) is 18.2. The second-order valence-corrected chi connectivity index (χ2v) is 7.58. The second-order valence-electron chi connectivity index (χ2n) is 7.58. The number of carbonyl (C=O) groups is 1. The molecule has 0 N–H and O–H groups in total. The van der Waals surface area contributed by atoms with E-state index in [9.17, 15) is 4.79 Å². The summed E-state index contributed by atoms with van der Waals surface area (Å²) in [6, 6.07) is 29.5. The fraction of sp³-hybridized carbons (Fsp3) is 0.192. The summed E-state index contributed by atoms with van der Waals surface area (Å²) in [5.41, 5.74) is 4.88. The van der Waals surface area contributed by atoms with E-state index in [1.807, 2.05) is 12.1 Å². The van der Waals surface area contributed by atoms with Crippen molar-refractivity contribution in [1.29, 1.82) is 0 Å². The van der Waals surface area contributed by atoms with Crippen LogP contribution in [0.2, 0.25) is 0 Å². The monoisotopic (exact) mass is 367 g/mol. The Morgan fingerprint density at radius 3 is 2.14 bits per heavy atom. The van der Waals surface area contributed by atoms with Crippen LogP contribution in [-0.2, 0) is 4.79 Å². The van der Waals surface area contributed by atoms with Gasteiger partial charge in [-0.25, -0.2) is 0 Å². The van der Waals surface area contributed by atoms with Crippen LogP contribution < -0.4 is 0 Å². The number of Topliss-reactive ketones (excluding diaryl/α,β-unsaturated/α-hetero) is 1. The predicted molar refractivity (Wildman–Crippen MR) is 116 cm³/mol. The molecule has 2 atom stereocenters. The maximum atomic E-state index is 11.9. The number of hydrogen-bond acceptors (Lipinski definition) is 1. The van der Waals surface area contributed by atoms with Gasteiger partial charge in [-0.2, -0.15) is 0 Å². The van der Waals surface area contributed by atoms with Crippen LogP contribution in [0.5, 0.6) is 0 Å². The van der Waals surface area contributed by atoms with Crippen molar-refractivity contribution >= 4 is 16.7 Å². The van der Waals surface area contributed by atoms with Crippen LogP contribution in [0.25, 0.3) is 16.6 Å². The molecule has 0 bridgehead atoms. The van der Waals surface area contributed by atoms with Crippen molar-refractivity contribution in [2.24, 2.45) is 5.92 Å². The van der Waals surface area contributed by atoms with E-state index in [-0.39, 0.29) is 17.6 Å². The smallest absolute Gasteiger partial charge is 0.130 e. The van der Waals surface area contributed by atoms with Crippen molar-refractivity contribution in [3.63, 3.8) is 0 Å². The molecular formula is C26H25NO. The first-order valence-electron chi connectivity index (χ1n) is 9.85. The number of rotatable bonds is 6. The van der Waals surface area contributed by atoms with Crippen LogP contribution in [0.15, 0.2) is 91.1 Å². The van der Waals surface area contributed by atoms with Crippen molar-refractivity contribution in [1.82, 2.24) is 4.57 Å². The summed E-state index contributed by atoms with van der Waals surface area (Å²) in [5, 5.41) is 1.25. The van der Waals surface area contributed by atoms with Gasteiger partial charge in [0.25, 0.3) is 0 Å². The third-order valence-electron chi connectivity index (χ3n) is 5.45. The molecule has 0 fully saturated rings. The summed E-state index contributed by atoms with van der Waals surface area (Å²) in [6.07, 6.45) is 2.83. The fourth-order valence-electron chi connectivity index (χ4n) is 4.30. The lowest BCUT2D eigenvalue weighted by Gasteiger charge is -2.24. The lowest BCUT2D eigenvalue weighted by atomic mass is 9.79. The van der Waals surface area contributed by atoms with Gasteiger partial charge < -0.3 is 9.36 Å². The summed E-state index contributed by atoms with van der Waals surface area (Å²) in [6.45, 7) is 3.87. The molecule has 0 spiro atoms. The number of aromatic nitrogens is 1. The minimum atomic E-state index is 0.167. The molecule has 1 heterocycles. The molecule has 140 valence electrons. The van der Waals surface area contributed by atoms with Crippen molar-refractivity contribution < 1.29 is 4.79 Å². The normalized spacial score (nSPS) is 13.4. The van der Waals surface area contributed by atoms with Gasteiger partial charge in [-0.1, -0.05) is 73.7 Å². The Morgan fingerprint density at radius 2 is 1.46 bits per heavy atom. The Bertz CT molecular complexity index is 1080. The quantitative estimate of drug-likeness (QED) is 0.388. The Balaban J connectivity index is 1.93. The average Bonchev–Trinajstić information content (AvgIpc) is 3.09. The van der Waals surface area contributed by atoms with Crippen LogP contribution in [0.4, 0.5) is 0 Å². The van der Waals surface area contributed by atoms with Crippen LogP contribution in [0.1, 0.15) is 37.3 Å². The molecule has 4 rings (SSSR count). The van der Waals surface area contributed by atoms with Crippen molar-refractivity contribution in [3.05, 3.63) is 102 Å². The topological polar surface area (TPSA) is 22.0 Å². The number of fused-ring (bicyclic) bond motifs is 1. The number of carbonyl (C=O) groups excluding carboxylic acids is 1. The van der Waals surface area contributed by atoms with E-state index in [0.717, 1.165) is 5.69 Å². The molecule has 4 aromatic rings. The fourth-order valence-corrected chi connectivity index (χ4v) is 4.30. The van der Waals surface area contributed by atoms with Crippen molar-refractivity contribution in [2.45, 2.75) is 26.2 Å². The van der Waals surface area contributed by atoms with Gasteiger partial charge in [0.05, 0.1) is 5.52 Å². The molecule has 0 amide bonds. The summed E-state index contributed by atoms with van der Waals surface area (Å²) >= 11 is 0. The Morgan fingerprint density at radius 1 is 0.857 bits per heavy atom. The minimum Gasteiger partial charge on any atom is -0.316 e. The predicted octanol–water partition coefficient (Wildman–Crippen LogP) is 6.38. The molecule has 2 heteroatoms. The highest BCUT2D eigenvalue weighted by Gasteiger charge is 2.26. The van der Waals surface area contributed by atoms with E-state index in [4.69, 9.17) is 0 Å². The van der Waals surface area contributed by atoms with Gasteiger partial charge in [-0.15, -0.1) is 0 Å². The SMILES string of the molecule is CC(=O)CC(C)C(c1ccccc1)c1cn(-c2ccccc2)c2ccccc12. The lowest BCUT2D eigenvalue weighted by Crippen LogP contribution is -2.14. The maximum absolute atomic E-state index is 11.9. The molecule has 0 saturated carbocycles. The van der Waals surface area contributed by atoms with Gasteiger partial charge >= 0.3 is 0 Å². The molecule has 28 heavy (non-hydrogen) atoms. The molecule has 0 aliphatic heterocycles. The second kappa shape index (κ2) is 7.85. The van der Waals surface area contributed by atoms with Crippen molar-refractivity contribution in [2.75, 3.05) is 0 Å². The van der Waals surface area contributed by atoms with E-state index in [1.165, 1.54) is 22.0 Å². The molecule has 2 nitrogen and oxygen atoms in total. The average molecular weight is 367 g/mol. The number of hydrogen-bond donors (Lipinski definition) is 0.